The zero-order valence-electron chi connectivity index (χ0n) is 18.3. The van der Waals surface area contributed by atoms with Crippen molar-refractivity contribution in [1.82, 2.24) is 10.0 Å². The number of amides is 2. The third-order valence-corrected chi connectivity index (χ3v) is 7.28. The van der Waals surface area contributed by atoms with E-state index in [2.05, 4.69) is 15.4 Å². The summed E-state index contributed by atoms with van der Waals surface area (Å²) in [4.78, 5) is 24.7. The number of hydrogen-bond acceptors (Lipinski definition) is 4. The Morgan fingerprint density at radius 2 is 1.71 bits per heavy atom. The number of fused-ring (bicyclic) bond motifs is 1. The number of aryl methyl sites for hydroxylation is 1. The molecule has 9 heteroatoms. The second kappa shape index (κ2) is 10.4. The van der Waals surface area contributed by atoms with Crippen LogP contribution in [-0.4, -0.2) is 26.3 Å². The Morgan fingerprint density at radius 1 is 0.971 bits per heavy atom. The van der Waals surface area contributed by atoms with Crippen LogP contribution in [0.2, 0.25) is 5.02 Å². The number of benzene rings is 3. The van der Waals surface area contributed by atoms with Crippen molar-refractivity contribution in [2.45, 2.75) is 36.7 Å². The fourth-order valence-corrected chi connectivity index (χ4v) is 5.11. The van der Waals surface area contributed by atoms with Crippen LogP contribution in [0.4, 0.5) is 5.69 Å². The number of carbonyl (C=O) groups excluding carboxylic acids is 2. The van der Waals surface area contributed by atoms with Gasteiger partial charge in [-0.1, -0.05) is 54.1 Å². The summed E-state index contributed by atoms with van der Waals surface area (Å²) in [6.45, 7) is 0.238. The number of anilines is 1. The Bertz CT molecular complexity index is 1300. The maximum atomic E-state index is 13.2. The highest BCUT2D eigenvalue weighted by Crippen LogP contribution is 2.25. The van der Waals surface area contributed by atoms with Gasteiger partial charge in [0.25, 0.3) is 0 Å². The summed E-state index contributed by atoms with van der Waals surface area (Å²) in [6.07, 6.45) is 0.945. The van der Waals surface area contributed by atoms with Gasteiger partial charge in [-0.05, 0) is 59.9 Å². The van der Waals surface area contributed by atoms with Crippen LogP contribution in [0.1, 0.15) is 23.1 Å². The fourth-order valence-electron chi connectivity index (χ4n) is 3.73. The minimum Gasteiger partial charge on any atom is -0.351 e. The highest BCUT2D eigenvalue weighted by atomic mass is 35.5. The molecule has 3 N–H and O–H groups in total. The fraction of sp³-hybridized carbons (Fsp3) is 0.200. The Labute approximate surface area is 203 Å². The molecule has 4 rings (SSSR count). The number of carbonyl (C=O) groups is 2. The lowest BCUT2D eigenvalue weighted by Crippen LogP contribution is -2.47. The highest BCUT2D eigenvalue weighted by molar-refractivity contribution is 7.89. The summed E-state index contributed by atoms with van der Waals surface area (Å²) in [6, 6.07) is 19.8. The first-order chi connectivity index (χ1) is 16.3. The monoisotopic (exact) mass is 497 g/mol. The van der Waals surface area contributed by atoms with Crippen molar-refractivity contribution in [3.63, 3.8) is 0 Å². The van der Waals surface area contributed by atoms with Crippen molar-refractivity contribution in [1.29, 1.82) is 0 Å². The molecule has 0 aromatic heterocycles. The van der Waals surface area contributed by atoms with Crippen LogP contribution >= 0.6 is 11.6 Å². The maximum absolute atomic E-state index is 13.2. The van der Waals surface area contributed by atoms with Gasteiger partial charge in [0.15, 0.2) is 0 Å². The van der Waals surface area contributed by atoms with Crippen molar-refractivity contribution in [3.8, 4) is 0 Å². The van der Waals surface area contributed by atoms with Crippen molar-refractivity contribution in [3.05, 3.63) is 94.5 Å². The molecule has 1 heterocycles. The molecule has 1 atom stereocenters. The molecule has 34 heavy (non-hydrogen) atoms. The van der Waals surface area contributed by atoms with E-state index >= 15 is 0 Å². The lowest BCUT2D eigenvalue weighted by atomic mass is 10.0. The predicted molar refractivity (Wildman–Crippen MR) is 131 cm³/mol. The Balaban J connectivity index is 1.53. The third-order valence-electron chi connectivity index (χ3n) is 5.56. The van der Waals surface area contributed by atoms with E-state index in [1.807, 2.05) is 30.3 Å². The van der Waals surface area contributed by atoms with E-state index in [9.17, 15) is 18.0 Å². The zero-order chi connectivity index (χ0) is 24.1. The molecule has 0 saturated heterocycles. The summed E-state index contributed by atoms with van der Waals surface area (Å²) >= 11 is 5.91. The molecule has 3 aromatic carbocycles. The smallest absolute Gasteiger partial charge is 0.241 e. The van der Waals surface area contributed by atoms with Crippen molar-refractivity contribution in [2.75, 3.05) is 5.32 Å². The molecule has 0 unspecified atom stereocenters. The first kappa shape index (κ1) is 23.9. The summed E-state index contributed by atoms with van der Waals surface area (Å²) < 4.78 is 29.0. The molecule has 1 aliphatic rings. The zero-order valence-corrected chi connectivity index (χ0v) is 19.8. The van der Waals surface area contributed by atoms with Gasteiger partial charge in [-0.25, -0.2) is 8.42 Å². The van der Waals surface area contributed by atoms with E-state index in [0.29, 0.717) is 23.6 Å². The molecule has 176 valence electrons. The van der Waals surface area contributed by atoms with Gasteiger partial charge in [0.05, 0.1) is 4.90 Å². The standard InChI is InChI=1S/C25H24ClN3O4S/c26-20-9-6-18(7-10-20)16-27-25(31)23(14-17-4-2-1-3-5-17)29-34(32,33)21-11-12-22-19(15-21)8-13-24(30)28-22/h1-7,9-12,15,23,29H,8,13-14,16H2,(H,27,31)(H,28,30)/t23-/m1/s1. The third kappa shape index (κ3) is 6.02. The quantitative estimate of drug-likeness (QED) is 0.443. The van der Waals surface area contributed by atoms with Gasteiger partial charge in [-0.15, -0.1) is 0 Å². The van der Waals surface area contributed by atoms with E-state index in [0.717, 1.165) is 16.7 Å². The van der Waals surface area contributed by atoms with Gasteiger partial charge < -0.3 is 10.6 Å². The number of halogens is 1. The average molecular weight is 498 g/mol. The first-order valence-electron chi connectivity index (χ1n) is 10.8. The normalized spacial score (nSPS) is 14.1. The average Bonchev–Trinajstić information content (AvgIpc) is 2.83. The molecule has 3 aromatic rings. The number of sulfonamides is 1. The van der Waals surface area contributed by atoms with Gasteiger partial charge in [-0.2, -0.15) is 4.72 Å². The summed E-state index contributed by atoms with van der Waals surface area (Å²) in [5.41, 5.74) is 3.02. The van der Waals surface area contributed by atoms with E-state index in [-0.39, 0.29) is 23.8 Å². The largest absolute Gasteiger partial charge is 0.351 e. The molecule has 0 saturated carbocycles. The van der Waals surface area contributed by atoms with Crippen molar-refractivity contribution in [2.24, 2.45) is 0 Å². The molecule has 0 aliphatic carbocycles. The van der Waals surface area contributed by atoms with E-state index in [4.69, 9.17) is 11.6 Å². The Hall–Kier alpha value is -3.20. The van der Waals surface area contributed by atoms with E-state index < -0.39 is 22.0 Å². The summed E-state index contributed by atoms with van der Waals surface area (Å²) in [7, 11) is -4.00. The van der Waals surface area contributed by atoms with Crippen LogP contribution in [0.3, 0.4) is 0 Å². The first-order valence-corrected chi connectivity index (χ1v) is 12.7. The summed E-state index contributed by atoms with van der Waals surface area (Å²) in [5.74, 6) is -0.533. The summed E-state index contributed by atoms with van der Waals surface area (Å²) in [5, 5.41) is 6.14. The van der Waals surface area contributed by atoms with Crippen molar-refractivity contribution >= 4 is 39.1 Å². The maximum Gasteiger partial charge on any atom is 0.241 e. The molecule has 0 spiro atoms. The molecular formula is C25H24ClN3O4S. The SMILES string of the molecule is O=C1CCc2cc(S(=O)(=O)N[C@H](Cc3ccccc3)C(=O)NCc3ccc(Cl)cc3)ccc2N1. The lowest BCUT2D eigenvalue weighted by molar-refractivity contribution is -0.123. The Morgan fingerprint density at radius 3 is 2.44 bits per heavy atom. The lowest BCUT2D eigenvalue weighted by Gasteiger charge is -2.21. The topological polar surface area (TPSA) is 104 Å². The van der Waals surface area contributed by atoms with Gasteiger partial charge >= 0.3 is 0 Å². The van der Waals surface area contributed by atoms with Crippen LogP contribution < -0.4 is 15.4 Å². The molecule has 1 aliphatic heterocycles. The molecule has 0 radical (unpaired) electrons. The highest BCUT2D eigenvalue weighted by Gasteiger charge is 2.27. The number of rotatable bonds is 8. The Kier molecular flexibility index (Phi) is 7.31. The molecule has 2 amide bonds. The molecule has 0 fully saturated rings. The predicted octanol–water partition coefficient (Wildman–Crippen LogP) is 3.43. The molecule has 7 nitrogen and oxygen atoms in total. The van der Waals surface area contributed by atoms with Crippen LogP contribution in [0, 0.1) is 0 Å². The van der Waals surface area contributed by atoms with Gasteiger partial charge in [0.1, 0.15) is 6.04 Å². The van der Waals surface area contributed by atoms with Crippen molar-refractivity contribution < 1.29 is 18.0 Å². The van der Waals surface area contributed by atoms with E-state index in [1.165, 1.54) is 6.07 Å². The second-order valence-corrected chi connectivity index (χ2v) is 10.2. The molecular weight excluding hydrogens is 474 g/mol. The van der Waals surface area contributed by atoms with E-state index in [1.54, 1.807) is 36.4 Å². The van der Waals surface area contributed by atoms with Gasteiger partial charge in [0.2, 0.25) is 21.8 Å². The minimum atomic E-state index is -4.00. The van der Waals surface area contributed by atoms with Crippen LogP contribution in [0.15, 0.2) is 77.7 Å². The number of nitrogens with one attached hydrogen (secondary N) is 3. The van der Waals surface area contributed by atoms with Gasteiger partial charge in [0, 0.05) is 23.7 Å². The van der Waals surface area contributed by atoms with Crippen LogP contribution in [0.25, 0.3) is 0 Å². The van der Waals surface area contributed by atoms with Crippen LogP contribution in [0.5, 0.6) is 0 Å². The van der Waals surface area contributed by atoms with Crippen LogP contribution in [-0.2, 0) is 39.0 Å². The number of hydrogen-bond donors (Lipinski definition) is 3. The second-order valence-electron chi connectivity index (χ2n) is 8.07. The minimum absolute atomic E-state index is 0.0472. The molecule has 0 bridgehead atoms. The van der Waals surface area contributed by atoms with Gasteiger partial charge in [-0.3, -0.25) is 9.59 Å².